The van der Waals surface area contributed by atoms with Crippen molar-refractivity contribution in [1.29, 1.82) is 0 Å². The van der Waals surface area contributed by atoms with E-state index < -0.39 is 33.0 Å². The predicted molar refractivity (Wildman–Crippen MR) is 144 cm³/mol. The standard InChI is InChI=1S/C27H48O10S2/c1-17(15-28)5-4-6-18(16-36-38(30,31)32)21-9-10-22-20-8-7-19-13-25(37-39(33,34)35)24(29)14-27(19,3)23(20)11-12-26(21,22)2/h17-25,28-29H,4-16H2,1-3H3,(H,30,31,32)(H,33,34,35)/t17-,18+,19+,20+,21-,22+,23+,24+,25+,26-,27+/m1/s1. The van der Waals surface area contributed by atoms with E-state index in [1.807, 2.05) is 6.92 Å². The molecule has 11 atom stereocenters. The summed E-state index contributed by atoms with van der Waals surface area (Å²) in [5, 5.41) is 20.3. The van der Waals surface area contributed by atoms with E-state index in [0.717, 1.165) is 57.8 Å². The molecule has 10 nitrogen and oxygen atoms in total. The van der Waals surface area contributed by atoms with Crippen molar-refractivity contribution >= 4 is 20.8 Å². The lowest BCUT2D eigenvalue weighted by atomic mass is 9.44. The van der Waals surface area contributed by atoms with Crippen LogP contribution in [0, 0.1) is 52.3 Å². The van der Waals surface area contributed by atoms with Crippen LogP contribution in [0.3, 0.4) is 0 Å². The first kappa shape index (κ1) is 31.6. The van der Waals surface area contributed by atoms with Gasteiger partial charge in [-0.15, -0.1) is 0 Å². The fourth-order valence-electron chi connectivity index (χ4n) is 9.73. The molecule has 4 saturated carbocycles. The van der Waals surface area contributed by atoms with Gasteiger partial charge in [-0.1, -0.05) is 27.2 Å². The highest BCUT2D eigenvalue weighted by atomic mass is 32.3. The van der Waals surface area contributed by atoms with Crippen molar-refractivity contribution < 1.29 is 44.5 Å². The van der Waals surface area contributed by atoms with Crippen LogP contribution < -0.4 is 0 Å². The Morgan fingerprint density at radius 1 is 0.923 bits per heavy atom. The van der Waals surface area contributed by atoms with E-state index in [1.165, 1.54) is 0 Å². The normalized spacial score (nSPS) is 42.3. The maximum atomic E-state index is 11.4. The van der Waals surface area contributed by atoms with E-state index in [0.29, 0.717) is 30.6 Å². The molecule has 12 heteroatoms. The van der Waals surface area contributed by atoms with Gasteiger partial charge >= 0.3 is 20.8 Å². The van der Waals surface area contributed by atoms with Crippen molar-refractivity contribution in [3.8, 4) is 0 Å². The zero-order valence-electron chi connectivity index (χ0n) is 23.4. The molecular weight excluding hydrogens is 548 g/mol. The maximum Gasteiger partial charge on any atom is 0.397 e. The minimum atomic E-state index is -4.64. The lowest BCUT2D eigenvalue weighted by Crippen LogP contribution is -2.57. The van der Waals surface area contributed by atoms with E-state index in [-0.39, 0.29) is 47.7 Å². The third-order valence-corrected chi connectivity index (χ3v) is 12.5. The minimum absolute atomic E-state index is 0.00821. The molecule has 0 aromatic heterocycles. The molecule has 228 valence electrons. The van der Waals surface area contributed by atoms with Crippen LogP contribution in [0.25, 0.3) is 0 Å². The molecule has 0 radical (unpaired) electrons. The first-order valence-corrected chi connectivity index (χ1v) is 17.4. The second-order valence-electron chi connectivity index (χ2n) is 13.6. The molecule has 4 rings (SSSR count). The van der Waals surface area contributed by atoms with Crippen LogP contribution in [-0.4, -0.2) is 61.6 Å². The number of rotatable bonds is 11. The summed E-state index contributed by atoms with van der Waals surface area (Å²) in [6.45, 7) is 6.67. The molecule has 0 amide bonds. The second-order valence-corrected chi connectivity index (χ2v) is 15.8. The lowest BCUT2D eigenvalue weighted by molar-refractivity contribution is -0.157. The van der Waals surface area contributed by atoms with Crippen LogP contribution >= 0.6 is 0 Å². The molecule has 4 N–H and O–H groups in total. The second kappa shape index (κ2) is 11.7. The van der Waals surface area contributed by atoms with Crippen molar-refractivity contribution in [2.45, 2.75) is 104 Å². The molecule has 0 aromatic rings. The van der Waals surface area contributed by atoms with Crippen molar-refractivity contribution in [3.63, 3.8) is 0 Å². The van der Waals surface area contributed by atoms with Gasteiger partial charge in [0.2, 0.25) is 0 Å². The highest BCUT2D eigenvalue weighted by Crippen LogP contribution is 2.68. The zero-order valence-corrected chi connectivity index (χ0v) is 25.1. The highest BCUT2D eigenvalue weighted by molar-refractivity contribution is 7.81. The zero-order chi connectivity index (χ0) is 28.8. The summed E-state index contributed by atoms with van der Waals surface area (Å²) in [6.07, 6.45) is 7.41. The fourth-order valence-corrected chi connectivity index (χ4v) is 10.6. The van der Waals surface area contributed by atoms with E-state index in [9.17, 15) is 36.2 Å². The Hall–Kier alpha value is -0.340. The van der Waals surface area contributed by atoms with Gasteiger partial charge in [-0.25, -0.2) is 8.37 Å². The van der Waals surface area contributed by atoms with Gasteiger partial charge < -0.3 is 10.2 Å². The summed E-state index contributed by atoms with van der Waals surface area (Å²) in [7, 11) is -9.17. The molecule has 0 unspecified atom stereocenters. The fraction of sp³-hybridized carbons (Fsp3) is 1.00. The van der Waals surface area contributed by atoms with Crippen molar-refractivity contribution in [2.75, 3.05) is 13.2 Å². The Kier molecular flexibility index (Phi) is 9.51. The molecule has 0 saturated heterocycles. The van der Waals surface area contributed by atoms with E-state index in [4.69, 9.17) is 8.37 Å². The monoisotopic (exact) mass is 596 g/mol. The largest absolute Gasteiger partial charge is 0.397 e. The average molecular weight is 597 g/mol. The summed E-state index contributed by atoms with van der Waals surface area (Å²) >= 11 is 0. The van der Waals surface area contributed by atoms with Gasteiger partial charge in [-0.3, -0.25) is 9.11 Å². The molecule has 0 aromatic carbocycles. The summed E-state index contributed by atoms with van der Waals surface area (Å²) in [5.74, 6) is 1.98. The third kappa shape index (κ3) is 6.84. The van der Waals surface area contributed by atoms with Gasteiger partial charge in [-0.05, 0) is 116 Å². The molecule has 0 aliphatic heterocycles. The SMILES string of the molecule is C[C@@H](CO)CCC[C@@H](COS(=O)(=O)O)[C@H]1CC[C@H]2[C@@H]3CC[C@H]4C[C@H](OS(=O)(=O)O)[C@@H](O)C[C@]4(C)[C@H]3CC[C@]12C. The van der Waals surface area contributed by atoms with E-state index in [2.05, 4.69) is 13.8 Å². The first-order chi connectivity index (χ1) is 18.1. The van der Waals surface area contributed by atoms with E-state index >= 15 is 0 Å². The van der Waals surface area contributed by atoms with Gasteiger partial charge in [0.15, 0.2) is 0 Å². The molecule has 39 heavy (non-hydrogen) atoms. The van der Waals surface area contributed by atoms with Crippen molar-refractivity contribution in [1.82, 2.24) is 0 Å². The quantitative estimate of drug-likeness (QED) is 0.256. The van der Waals surface area contributed by atoms with Gasteiger partial charge in [-0.2, -0.15) is 16.8 Å². The van der Waals surface area contributed by atoms with Gasteiger partial charge in [0.05, 0.1) is 12.7 Å². The van der Waals surface area contributed by atoms with Gasteiger partial charge in [0, 0.05) is 6.61 Å². The minimum Gasteiger partial charge on any atom is -0.396 e. The van der Waals surface area contributed by atoms with Gasteiger partial charge in [0.1, 0.15) is 6.10 Å². The molecule has 4 aliphatic rings. The van der Waals surface area contributed by atoms with Crippen LogP contribution in [0.15, 0.2) is 0 Å². The number of aliphatic hydroxyl groups is 2. The summed E-state index contributed by atoms with van der Waals surface area (Å²) in [5.41, 5.74) is -0.126. The van der Waals surface area contributed by atoms with E-state index in [1.54, 1.807) is 0 Å². The summed E-state index contributed by atoms with van der Waals surface area (Å²) < 4.78 is 73.8. The van der Waals surface area contributed by atoms with Gasteiger partial charge in [0.25, 0.3) is 0 Å². The maximum absolute atomic E-state index is 11.4. The Morgan fingerprint density at radius 3 is 2.26 bits per heavy atom. The Bertz CT molecular complexity index is 1060. The Morgan fingerprint density at radius 2 is 1.62 bits per heavy atom. The van der Waals surface area contributed by atoms with Crippen LogP contribution in [0.4, 0.5) is 0 Å². The summed E-state index contributed by atoms with van der Waals surface area (Å²) in [4.78, 5) is 0. The first-order valence-electron chi connectivity index (χ1n) is 14.6. The predicted octanol–water partition coefficient (Wildman–Crippen LogP) is 4.04. The number of hydrogen-bond donors (Lipinski definition) is 4. The molecule has 4 aliphatic carbocycles. The van der Waals surface area contributed by atoms with Crippen LogP contribution in [-0.2, 0) is 29.2 Å². The molecule has 0 bridgehead atoms. The van der Waals surface area contributed by atoms with Crippen LogP contribution in [0.2, 0.25) is 0 Å². The number of fused-ring (bicyclic) bond motifs is 5. The van der Waals surface area contributed by atoms with Crippen molar-refractivity contribution in [2.24, 2.45) is 52.3 Å². The average Bonchev–Trinajstić information content (AvgIpc) is 3.17. The molecule has 4 fully saturated rings. The number of hydrogen-bond acceptors (Lipinski definition) is 8. The third-order valence-electron chi connectivity index (χ3n) is 11.6. The number of aliphatic hydroxyl groups excluding tert-OH is 2. The van der Waals surface area contributed by atoms with Crippen molar-refractivity contribution in [3.05, 3.63) is 0 Å². The lowest BCUT2D eigenvalue weighted by Gasteiger charge is -2.62. The topological polar surface area (TPSA) is 168 Å². The summed E-state index contributed by atoms with van der Waals surface area (Å²) in [6, 6.07) is 0. The Labute approximate surface area is 234 Å². The van der Waals surface area contributed by atoms with Crippen LogP contribution in [0.5, 0.6) is 0 Å². The smallest absolute Gasteiger partial charge is 0.396 e. The highest BCUT2D eigenvalue weighted by Gasteiger charge is 2.62. The Balaban J connectivity index is 1.50. The molecule has 0 spiro atoms. The molecular formula is C27H48O10S2. The molecule has 0 heterocycles. The van der Waals surface area contributed by atoms with Crippen LogP contribution in [0.1, 0.15) is 91.4 Å².